The zero-order valence-electron chi connectivity index (χ0n) is 19.9. The summed E-state index contributed by atoms with van der Waals surface area (Å²) in [7, 11) is 0.777. The molecular weight excluding hydrogens is 449 g/mol. The lowest BCUT2D eigenvalue weighted by molar-refractivity contribution is -0.130. The van der Waals surface area contributed by atoms with Crippen molar-refractivity contribution in [3.05, 3.63) is 35.9 Å². The summed E-state index contributed by atoms with van der Waals surface area (Å²) in [4.78, 5) is 25.8. The van der Waals surface area contributed by atoms with Gasteiger partial charge in [0.15, 0.2) is 0 Å². The van der Waals surface area contributed by atoms with Crippen molar-refractivity contribution in [1.82, 2.24) is 16.0 Å². The maximum absolute atomic E-state index is 13.3. The molecule has 0 aliphatic carbocycles. The molecule has 2 amide bonds. The topological polar surface area (TPSA) is 106 Å². The number of carbonyl (C=O) groups is 2. The van der Waals surface area contributed by atoms with Gasteiger partial charge < -0.3 is 19.7 Å². The molecule has 1 rings (SSSR count). The molecule has 182 valence electrons. The summed E-state index contributed by atoms with van der Waals surface area (Å²) in [5.74, 6) is -0.331. The highest BCUT2D eigenvalue weighted by Gasteiger charge is 2.37. The van der Waals surface area contributed by atoms with Crippen LogP contribution in [0.1, 0.15) is 32.3 Å². The number of rotatable bonds is 15. The Labute approximate surface area is 196 Å². The van der Waals surface area contributed by atoms with E-state index in [9.17, 15) is 14.2 Å². The number of hydrogen-bond donors (Lipinski definition) is 3. The second-order valence-electron chi connectivity index (χ2n) is 7.92. The zero-order valence-corrected chi connectivity index (χ0v) is 21.6. The van der Waals surface area contributed by atoms with Gasteiger partial charge in [-0.15, -0.1) is 0 Å². The third-order valence-electron chi connectivity index (χ3n) is 5.07. The number of amides is 2. The van der Waals surface area contributed by atoms with Gasteiger partial charge in [0.2, 0.25) is 11.8 Å². The Bertz CT molecular complexity index is 742. The SMILES string of the molecule is CNC(=O)[C@H](Cc1ccccc1)NC(=O)[C@H](CC(C)C)NC(CCSC)P(=O)(OC)OC. The number of carbonyl (C=O) groups excluding carboxylic acids is 2. The first-order chi connectivity index (χ1) is 15.2. The van der Waals surface area contributed by atoms with E-state index in [0.29, 0.717) is 19.3 Å². The first-order valence-electron chi connectivity index (χ1n) is 10.7. The van der Waals surface area contributed by atoms with E-state index >= 15 is 0 Å². The summed E-state index contributed by atoms with van der Waals surface area (Å²) in [5, 5.41) is 8.72. The molecule has 0 aliphatic heterocycles. The number of thioether (sulfide) groups is 1. The monoisotopic (exact) mass is 487 g/mol. The van der Waals surface area contributed by atoms with Crippen LogP contribution < -0.4 is 16.0 Å². The largest absolute Gasteiger partial charge is 0.357 e. The Morgan fingerprint density at radius 3 is 2.19 bits per heavy atom. The van der Waals surface area contributed by atoms with Crippen LogP contribution in [-0.4, -0.2) is 63.0 Å². The van der Waals surface area contributed by atoms with Crippen molar-refractivity contribution in [2.45, 2.75) is 51.0 Å². The molecule has 0 aliphatic rings. The van der Waals surface area contributed by atoms with E-state index in [1.807, 2.05) is 50.4 Å². The normalized spacial score (nSPS) is 14.6. The standard InChI is InChI=1S/C22H38N3O5PS/c1-16(2)14-18(24-20(12-13-32-6)31(28,29-4)30-5)22(27)25-19(21(26)23-3)15-17-10-8-7-9-11-17/h7-11,16,18-20,24H,12-15H2,1-6H3,(H,23,26)(H,25,27)/t18-,19-,20?/m0/s1. The van der Waals surface area contributed by atoms with Crippen LogP contribution in [0.25, 0.3) is 0 Å². The second-order valence-corrected chi connectivity index (χ2v) is 11.3. The van der Waals surface area contributed by atoms with Gasteiger partial charge in [-0.2, -0.15) is 11.8 Å². The molecule has 32 heavy (non-hydrogen) atoms. The Balaban J connectivity index is 3.09. The van der Waals surface area contributed by atoms with Crippen molar-refractivity contribution in [2.75, 3.05) is 33.3 Å². The molecule has 3 atom stereocenters. The van der Waals surface area contributed by atoms with Crippen molar-refractivity contribution < 1.29 is 23.2 Å². The lowest BCUT2D eigenvalue weighted by Gasteiger charge is -2.30. The molecular formula is C22H38N3O5PS. The Kier molecular flexibility index (Phi) is 13.2. The van der Waals surface area contributed by atoms with Gasteiger partial charge in [-0.1, -0.05) is 44.2 Å². The molecule has 0 saturated heterocycles. The van der Waals surface area contributed by atoms with Gasteiger partial charge in [-0.05, 0) is 36.3 Å². The minimum absolute atomic E-state index is 0.191. The lowest BCUT2D eigenvalue weighted by atomic mass is 10.0. The van der Waals surface area contributed by atoms with Gasteiger partial charge >= 0.3 is 7.60 Å². The van der Waals surface area contributed by atoms with E-state index in [2.05, 4.69) is 16.0 Å². The van der Waals surface area contributed by atoms with Crippen LogP contribution in [0.3, 0.4) is 0 Å². The summed E-state index contributed by atoms with van der Waals surface area (Å²) < 4.78 is 23.5. The summed E-state index contributed by atoms with van der Waals surface area (Å²) in [6.07, 6.45) is 3.33. The summed E-state index contributed by atoms with van der Waals surface area (Å²) in [5.41, 5.74) is 0.941. The highest BCUT2D eigenvalue weighted by atomic mass is 32.2. The summed E-state index contributed by atoms with van der Waals surface area (Å²) in [6.45, 7) is 4.01. The molecule has 0 saturated carbocycles. The molecule has 0 radical (unpaired) electrons. The van der Waals surface area contributed by atoms with Crippen LogP contribution in [0.2, 0.25) is 0 Å². The fraction of sp³-hybridized carbons (Fsp3) is 0.636. The predicted molar refractivity (Wildman–Crippen MR) is 131 cm³/mol. The van der Waals surface area contributed by atoms with E-state index in [1.54, 1.807) is 18.8 Å². The van der Waals surface area contributed by atoms with Gasteiger partial charge in [0.25, 0.3) is 0 Å². The van der Waals surface area contributed by atoms with Crippen molar-refractivity contribution in [1.29, 1.82) is 0 Å². The molecule has 8 nitrogen and oxygen atoms in total. The maximum Gasteiger partial charge on any atom is 0.346 e. The maximum atomic E-state index is 13.3. The molecule has 0 heterocycles. The van der Waals surface area contributed by atoms with E-state index in [4.69, 9.17) is 9.05 Å². The molecule has 1 unspecified atom stereocenters. The number of benzene rings is 1. The smallest absolute Gasteiger partial charge is 0.346 e. The predicted octanol–water partition coefficient (Wildman–Crippen LogP) is 3.03. The third kappa shape index (κ3) is 9.24. The highest BCUT2D eigenvalue weighted by Crippen LogP contribution is 2.52. The molecule has 0 spiro atoms. The second kappa shape index (κ2) is 14.7. The van der Waals surface area contributed by atoms with Gasteiger partial charge in [0.1, 0.15) is 11.8 Å². The first kappa shape index (κ1) is 28.7. The van der Waals surface area contributed by atoms with Gasteiger partial charge in [0.05, 0.1) is 6.04 Å². The van der Waals surface area contributed by atoms with Crippen LogP contribution in [-0.2, 0) is 29.6 Å². The minimum Gasteiger partial charge on any atom is -0.357 e. The molecule has 1 aromatic rings. The molecule has 0 bridgehead atoms. The van der Waals surface area contributed by atoms with Crippen LogP contribution in [0, 0.1) is 5.92 Å². The Morgan fingerprint density at radius 1 is 1.06 bits per heavy atom. The first-order valence-corrected chi connectivity index (χ1v) is 13.7. The van der Waals surface area contributed by atoms with E-state index in [0.717, 1.165) is 11.3 Å². The number of likely N-dealkylation sites (N-methyl/N-ethyl adjacent to an activating group) is 1. The van der Waals surface area contributed by atoms with E-state index in [-0.39, 0.29) is 17.7 Å². The molecule has 0 aromatic heterocycles. The fourth-order valence-electron chi connectivity index (χ4n) is 3.35. The van der Waals surface area contributed by atoms with E-state index < -0.39 is 25.5 Å². The minimum atomic E-state index is -3.46. The third-order valence-corrected chi connectivity index (χ3v) is 7.90. The van der Waals surface area contributed by atoms with Gasteiger partial charge in [-0.3, -0.25) is 19.5 Å². The van der Waals surface area contributed by atoms with Crippen molar-refractivity contribution in [3.8, 4) is 0 Å². The highest BCUT2D eigenvalue weighted by molar-refractivity contribution is 7.98. The van der Waals surface area contributed by atoms with Gasteiger partial charge in [0, 0.05) is 27.7 Å². The Morgan fingerprint density at radius 2 is 1.69 bits per heavy atom. The number of hydrogen-bond acceptors (Lipinski definition) is 7. The molecule has 10 heteroatoms. The van der Waals surface area contributed by atoms with Crippen molar-refractivity contribution in [3.63, 3.8) is 0 Å². The fourth-order valence-corrected chi connectivity index (χ4v) is 5.46. The average Bonchev–Trinajstić information content (AvgIpc) is 2.79. The van der Waals surface area contributed by atoms with Crippen molar-refractivity contribution in [2.24, 2.45) is 5.92 Å². The Hall–Kier alpha value is -1.38. The van der Waals surface area contributed by atoms with Gasteiger partial charge in [-0.25, -0.2) is 0 Å². The van der Waals surface area contributed by atoms with Crippen molar-refractivity contribution >= 4 is 31.2 Å². The molecule has 1 aromatic carbocycles. The molecule has 0 fully saturated rings. The van der Waals surface area contributed by atoms with Crippen LogP contribution in [0.15, 0.2) is 30.3 Å². The summed E-state index contributed by atoms with van der Waals surface area (Å²) in [6, 6.07) is 8.12. The van der Waals surface area contributed by atoms with E-state index in [1.165, 1.54) is 14.2 Å². The quantitative estimate of drug-likeness (QED) is 0.327. The lowest BCUT2D eigenvalue weighted by Crippen LogP contribution is -2.55. The molecule has 3 N–H and O–H groups in total. The van der Waals surface area contributed by atoms with Crippen LogP contribution >= 0.6 is 19.4 Å². The summed E-state index contributed by atoms with van der Waals surface area (Å²) >= 11 is 1.61. The average molecular weight is 488 g/mol. The van der Waals surface area contributed by atoms with Crippen LogP contribution in [0.4, 0.5) is 0 Å². The van der Waals surface area contributed by atoms with Crippen LogP contribution in [0.5, 0.6) is 0 Å². The number of nitrogens with one attached hydrogen (secondary N) is 3. The zero-order chi connectivity index (χ0) is 24.1.